The summed E-state index contributed by atoms with van der Waals surface area (Å²) in [5.41, 5.74) is 0. The molecule has 1 nitrogen and oxygen atoms in total. The fourth-order valence-electron chi connectivity index (χ4n) is 3.64. The van der Waals surface area contributed by atoms with Crippen LogP contribution in [-0.4, -0.2) is 13.1 Å². The Morgan fingerprint density at radius 1 is 1.06 bits per heavy atom. The zero-order valence-corrected chi connectivity index (χ0v) is 12.3. The molecule has 1 heteroatoms. The third-order valence-electron chi connectivity index (χ3n) is 4.75. The van der Waals surface area contributed by atoms with Crippen LogP contribution >= 0.6 is 0 Å². The van der Waals surface area contributed by atoms with Crippen molar-refractivity contribution in [3.8, 4) is 0 Å². The van der Waals surface area contributed by atoms with Crippen LogP contribution in [0.1, 0.15) is 78.1 Å². The van der Waals surface area contributed by atoms with Crippen LogP contribution in [0.4, 0.5) is 0 Å². The molecule has 0 aromatic rings. The van der Waals surface area contributed by atoms with E-state index < -0.39 is 0 Å². The van der Waals surface area contributed by atoms with Gasteiger partial charge in [-0.05, 0) is 31.7 Å². The smallest absolute Gasteiger partial charge is 0.00949 e. The summed E-state index contributed by atoms with van der Waals surface area (Å²) in [4.78, 5) is 0. The highest BCUT2D eigenvalue weighted by Gasteiger charge is 2.29. The molecule has 3 atom stereocenters. The first kappa shape index (κ1) is 15.0. The van der Waals surface area contributed by atoms with Crippen LogP contribution in [0.3, 0.4) is 0 Å². The highest BCUT2D eigenvalue weighted by molar-refractivity contribution is 4.83. The van der Waals surface area contributed by atoms with Crippen LogP contribution in [-0.2, 0) is 0 Å². The molecule has 1 saturated carbocycles. The molecule has 0 saturated heterocycles. The fraction of sp³-hybridized carbons (Fsp3) is 1.00. The van der Waals surface area contributed by atoms with E-state index >= 15 is 0 Å². The number of hydrogen-bond donors (Lipinski definition) is 1. The number of nitrogens with one attached hydrogen (secondary N) is 1. The predicted molar refractivity (Wildman–Crippen MR) is 77.3 cm³/mol. The van der Waals surface area contributed by atoms with Gasteiger partial charge in [0.25, 0.3) is 0 Å². The molecular formula is C16H33N. The largest absolute Gasteiger partial charge is 0.317 e. The van der Waals surface area contributed by atoms with Crippen molar-refractivity contribution in [2.75, 3.05) is 7.05 Å². The highest BCUT2D eigenvalue weighted by atomic mass is 14.9. The summed E-state index contributed by atoms with van der Waals surface area (Å²) >= 11 is 0. The quantitative estimate of drug-likeness (QED) is 0.602. The van der Waals surface area contributed by atoms with Crippen LogP contribution in [0.2, 0.25) is 0 Å². The lowest BCUT2D eigenvalue weighted by Gasteiger charge is -2.37. The van der Waals surface area contributed by atoms with Gasteiger partial charge in [0.15, 0.2) is 0 Å². The van der Waals surface area contributed by atoms with E-state index in [1.165, 1.54) is 64.2 Å². The van der Waals surface area contributed by atoms with E-state index in [-0.39, 0.29) is 0 Å². The summed E-state index contributed by atoms with van der Waals surface area (Å²) in [6, 6.07) is 0.789. The van der Waals surface area contributed by atoms with Gasteiger partial charge in [0.2, 0.25) is 0 Å². The second-order valence-electron chi connectivity index (χ2n) is 5.86. The Morgan fingerprint density at radius 3 is 2.47 bits per heavy atom. The maximum absolute atomic E-state index is 3.61. The Morgan fingerprint density at radius 2 is 1.82 bits per heavy atom. The molecule has 1 aliphatic rings. The van der Waals surface area contributed by atoms with Gasteiger partial charge in [-0.1, -0.05) is 65.2 Å². The molecule has 102 valence electrons. The average molecular weight is 239 g/mol. The summed E-state index contributed by atoms with van der Waals surface area (Å²) in [7, 11) is 2.17. The average Bonchev–Trinajstić information content (AvgIpc) is 2.39. The van der Waals surface area contributed by atoms with Crippen molar-refractivity contribution < 1.29 is 0 Å². The van der Waals surface area contributed by atoms with Crippen molar-refractivity contribution in [1.29, 1.82) is 0 Å². The highest BCUT2D eigenvalue weighted by Crippen LogP contribution is 2.35. The van der Waals surface area contributed by atoms with Gasteiger partial charge in [0.1, 0.15) is 0 Å². The van der Waals surface area contributed by atoms with Crippen LogP contribution in [0.25, 0.3) is 0 Å². The van der Waals surface area contributed by atoms with E-state index in [9.17, 15) is 0 Å². The van der Waals surface area contributed by atoms with Gasteiger partial charge >= 0.3 is 0 Å². The fourth-order valence-corrected chi connectivity index (χ4v) is 3.64. The maximum Gasteiger partial charge on any atom is 0.00949 e. The van der Waals surface area contributed by atoms with Crippen molar-refractivity contribution in [2.45, 2.75) is 84.1 Å². The Balaban J connectivity index is 2.35. The molecule has 0 amide bonds. The lowest BCUT2D eigenvalue weighted by Crippen LogP contribution is -2.39. The van der Waals surface area contributed by atoms with E-state index in [2.05, 4.69) is 26.2 Å². The number of unbranched alkanes of at least 4 members (excludes halogenated alkanes) is 3. The van der Waals surface area contributed by atoms with E-state index in [0.717, 1.165) is 17.9 Å². The van der Waals surface area contributed by atoms with Gasteiger partial charge in [-0.2, -0.15) is 0 Å². The molecule has 1 aliphatic carbocycles. The van der Waals surface area contributed by atoms with Gasteiger partial charge in [0, 0.05) is 6.04 Å². The molecule has 0 spiro atoms. The van der Waals surface area contributed by atoms with Gasteiger partial charge in [-0.25, -0.2) is 0 Å². The van der Waals surface area contributed by atoms with E-state index in [1.807, 2.05) is 0 Å². The zero-order chi connectivity index (χ0) is 12.5. The van der Waals surface area contributed by atoms with Crippen molar-refractivity contribution in [3.05, 3.63) is 0 Å². The monoisotopic (exact) mass is 239 g/mol. The van der Waals surface area contributed by atoms with Crippen LogP contribution in [0, 0.1) is 11.8 Å². The molecule has 0 aliphatic heterocycles. The third kappa shape index (κ3) is 4.99. The van der Waals surface area contributed by atoms with Crippen LogP contribution in [0.15, 0.2) is 0 Å². The summed E-state index contributed by atoms with van der Waals surface area (Å²) in [6.45, 7) is 4.68. The molecule has 0 bridgehead atoms. The lowest BCUT2D eigenvalue weighted by molar-refractivity contribution is 0.172. The normalized spacial score (nSPS) is 27.0. The SMILES string of the molecule is CCCCCCC(NC)C1CCCCC1CC. The summed E-state index contributed by atoms with van der Waals surface area (Å²) in [5, 5.41) is 3.61. The first-order valence-corrected chi connectivity index (χ1v) is 8.00. The van der Waals surface area contributed by atoms with Crippen LogP contribution < -0.4 is 5.32 Å². The minimum absolute atomic E-state index is 0.789. The standard InChI is InChI=1S/C16H33N/c1-4-6-7-8-13-16(17-3)15-12-10-9-11-14(15)5-2/h14-17H,4-13H2,1-3H3. The van der Waals surface area contributed by atoms with E-state index in [4.69, 9.17) is 0 Å². The Bertz CT molecular complexity index is 178. The molecule has 0 aromatic carbocycles. The predicted octanol–water partition coefficient (Wildman–Crippen LogP) is 4.76. The molecule has 1 rings (SSSR count). The van der Waals surface area contributed by atoms with Gasteiger partial charge in [-0.15, -0.1) is 0 Å². The zero-order valence-electron chi connectivity index (χ0n) is 12.3. The molecule has 0 heterocycles. The molecule has 1 fully saturated rings. The first-order valence-electron chi connectivity index (χ1n) is 8.00. The van der Waals surface area contributed by atoms with Gasteiger partial charge in [-0.3, -0.25) is 0 Å². The topological polar surface area (TPSA) is 12.0 Å². The van der Waals surface area contributed by atoms with Crippen molar-refractivity contribution in [3.63, 3.8) is 0 Å². The second kappa shape index (κ2) is 8.97. The van der Waals surface area contributed by atoms with Crippen molar-refractivity contribution >= 4 is 0 Å². The molecule has 3 unspecified atom stereocenters. The molecule has 0 aromatic heterocycles. The van der Waals surface area contributed by atoms with E-state index in [0.29, 0.717) is 0 Å². The molecular weight excluding hydrogens is 206 g/mol. The maximum atomic E-state index is 3.61. The minimum Gasteiger partial charge on any atom is -0.317 e. The van der Waals surface area contributed by atoms with Crippen molar-refractivity contribution in [1.82, 2.24) is 5.32 Å². The van der Waals surface area contributed by atoms with E-state index in [1.54, 1.807) is 0 Å². The Labute approximate surface area is 109 Å². The molecule has 1 N–H and O–H groups in total. The number of hydrogen-bond acceptors (Lipinski definition) is 1. The van der Waals surface area contributed by atoms with Crippen molar-refractivity contribution in [2.24, 2.45) is 11.8 Å². The third-order valence-corrected chi connectivity index (χ3v) is 4.75. The number of rotatable bonds is 8. The lowest BCUT2D eigenvalue weighted by atomic mass is 9.73. The minimum atomic E-state index is 0.789. The summed E-state index contributed by atoms with van der Waals surface area (Å²) in [6.07, 6.45) is 14.3. The Hall–Kier alpha value is -0.0400. The van der Waals surface area contributed by atoms with Gasteiger partial charge < -0.3 is 5.32 Å². The Kier molecular flexibility index (Phi) is 7.92. The summed E-state index contributed by atoms with van der Waals surface area (Å²) < 4.78 is 0. The second-order valence-corrected chi connectivity index (χ2v) is 5.86. The van der Waals surface area contributed by atoms with Crippen LogP contribution in [0.5, 0.6) is 0 Å². The summed E-state index contributed by atoms with van der Waals surface area (Å²) in [5.74, 6) is 1.95. The molecule has 0 radical (unpaired) electrons. The van der Waals surface area contributed by atoms with Gasteiger partial charge in [0.05, 0.1) is 0 Å². The molecule has 17 heavy (non-hydrogen) atoms. The first-order chi connectivity index (χ1) is 8.33.